The van der Waals surface area contributed by atoms with E-state index in [1.165, 1.54) is 5.01 Å². The average Bonchev–Trinajstić information content (AvgIpc) is 2.57. The van der Waals surface area contributed by atoms with E-state index in [-0.39, 0.29) is 11.7 Å². The third-order valence-electron chi connectivity index (χ3n) is 2.58. The zero-order valence-electron chi connectivity index (χ0n) is 10.6. The van der Waals surface area contributed by atoms with E-state index in [1.807, 2.05) is 14.1 Å². The number of carbonyl (C=O) groups excluding carboxylic acids is 1. The maximum absolute atomic E-state index is 12.0. The molecule has 0 fully saturated rings. The van der Waals surface area contributed by atoms with Gasteiger partial charge in [-0.15, -0.1) is 0 Å². The first-order chi connectivity index (χ1) is 8.50. The van der Waals surface area contributed by atoms with E-state index >= 15 is 0 Å². The Morgan fingerprint density at radius 1 is 1.33 bits per heavy atom. The molecule has 0 bridgehead atoms. The highest BCUT2D eigenvalue weighted by molar-refractivity contribution is 6.31. The van der Waals surface area contributed by atoms with Gasteiger partial charge in [0.15, 0.2) is 0 Å². The molecule has 0 saturated carbocycles. The molecule has 0 saturated heterocycles. The Labute approximate surface area is 106 Å². The predicted octanol–water partition coefficient (Wildman–Crippen LogP) is 1.01. The first kappa shape index (κ1) is 12.2. The van der Waals surface area contributed by atoms with E-state index in [0.717, 1.165) is 0 Å². The summed E-state index contributed by atoms with van der Waals surface area (Å²) in [6, 6.07) is 6.85. The van der Waals surface area contributed by atoms with Gasteiger partial charge in [-0.3, -0.25) is 4.79 Å². The molecule has 1 aliphatic heterocycles. The number of benzene rings is 1. The number of hydrazone groups is 1. The van der Waals surface area contributed by atoms with Crippen LogP contribution < -0.4 is 0 Å². The van der Waals surface area contributed by atoms with Crippen LogP contribution in [0.5, 0.6) is 5.75 Å². The van der Waals surface area contributed by atoms with Gasteiger partial charge in [-0.05, 0) is 12.1 Å². The summed E-state index contributed by atoms with van der Waals surface area (Å²) in [5.41, 5.74) is 1.53. The molecule has 2 rings (SSSR count). The van der Waals surface area contributed by atoms with Crippen LogP contribution in [-0.2, 0) is 4.79 Å². The second-order valence-corrected chi connectivity index (χ2v) is 4.30. The maximum atomic E-state index is 12.0. The second-order valence-electron chi connectivity index (χ2n) is 4.30. The van der Waals surface area contributed by atoms with E-state index in [4.69, 9.17) is 0 Å². The van der Waals surface area contributed by atoms with E-state index in [2.05, 4.69) is 5.10 Å². The summed E-state index contributed by atoms with van der Waals surface area (Å²) in [5, 5.41) is 15.3. The van der Waals surface area contributed by atoms with E-state index < -0.39 is 0 Å². The van der Waals surface area contributed by atoms with Crippen molar-refractivity contribution in [2.24, 2.45) is 5.10 Å². The number of carbonyl (C=O) groups is 1. The molecule has 0 aromatic heterocycles. The monoisotopic (exact) mass is 245 g/mol. The number of para-hydroxylation sites is 1. The van der Waals surface area contributed by atoms with E-state index in [0.29, 0.717) is 16.8 Å². The smallest absolute Gasteiger partial charge is 0.277 e. The Morgan fingerprint density at radius 3 is 2.61 bits per heavy atom. The molecule has 1 aromatic carbocycles. The third-order valence-corrected chi connectivity index (χ3v) is 2.58. The van der Waals surface area contributed by atoms with Gasteiger partial charge in [0.2, 0.25) is 0 Å². The van der Waals surface area contributed by atoms with Crippen LogP contribution >= 0.6 is 0 Å². The number of hydrogen-bond donors (Lipinski definition) is 1. The lowest BCUT2D eigenvalue weighted by Gasteiger charge is -2.08. The maximum Gasteiger partial charge on any atom is 0.277 e. The number of hydrogen-bond acceptors (Lipinski definition) is 4. The molecule has 1 aliphatic rings. The standard InChI is InChI=1S/C13H15N3O2/c1-15(2)8-10-12(14-16(3)13(10)18)9-6-4-5-7-11(9)17/h4-8,17H,1-3H3/b10-8-. The Hall–Kier alpha value is -2.30. The molecule has 94 valence electrons. The number of nitrogens with zero attached hydrogens (tertiary/aromatic N) is 3. The van der Waals surface area contributed by atoms with Crippen LogP contribution in [0.1, 0.15) is 5.56 Å². The number of phenols is 1. The number of aromatic hydroxyl groups is 1. The van der Waals surface area contributed by atoms with Gasteiger partial charge in [0.1, 0.15) is 11.5 Å². The number of phenolic OH excluding ortho intramolecular Hbond substituents is 1. The summed E-state index contributed by atoms with van der Waals surface area (Å²) in [5.74, 6) is -0.0639. The fourth-order valence-corrected chi connectivity index (χ4v) is 1.77. The van der Waals surface area contributed by atoms with Crippen LogP contribution in [0.15, 0.2) is 41.1 Å². The minimum atomic E-state index is -0.179. The summed E-state index contributed by atoms with van der Waals surface area (Å²) in [6.07, 6.45) is 1.71. The van der Waals surface area contributed by atoms with Crippen molar-refractivity contribution in [2.45, 2.75) is 0 Å². The van der Waals surface area contributed by atoms with Crippen molar-refractivity contribution >= 4 is 11.6 Å². The highest BCUT2D eigenvalue weighted by atomic mass is 16.3. The zero-order chi connectivity index (χ0) is 13.3. The molecule has 1 N–H and O–H groups in total. The second kappa shape index (κ2) is 4.52. The lowest BCUT2D eigenvalue weighted by atomic mass is 10.0. The van der Waals surface area contributed by atoms with Gasteiger partial charge in [0.05, 0.1) is 5.57 Å². The third kappa shape index (κ3) is 2.07. The molecule has 5 heteroatoms. The Balaban J connectivity index is 2.52. The number of amides is 1. The Morgan fingerprint density at radius 2 is 2.00 bits per heavy atom. The minimum Gasteiger partial charge on any atom is -0.507 e. The molecule has 1 aromatic rings. The molecular formula is C13H15N3O2. The normalized spacial score (nSPS) is 17.3. The topological polar surface area (TPSA) is 56.1 Å². The fraction of sp³-hybridized carbons (Fsp3) is 0.231. The zero-order valence-corrected chi connectivity index (χ0v) is 10.6. The summed E-state index contributed by atoms with van der Waals surface area (Å²) in [6.45, 7) is 0. The van der Waals surface area contributed by atoms with Crippen molar-refractivity contribution < 1.29 is 9.90 Å². The summed E-state index contributed by atoms with van der Waals surface area (Å²) in [7, 11) is 5.26. The first-order valence-electron chi connectivity index (χ1n) is 5.54. The molecule has 0 unspecified atom stereocenters. The van der Waals surface area contributed by atoms with Gasteiger partial charge < -0.3 is 10.0 Å². The molecule has 0 spiro atoms. The minimum absolute atomic E-state index is 0.115. The van der Waals surface area contributed by atoms with Crippen LogP contribution in [0.2, 0.25) is 0 Å². The summed E-state index contributed by atoms with van der Waals surface area (Å²) in [4.78, 5) is 13.8. The molecule has 1 heterocycles. The summed E-state index contributed by atoms with van der Waals surface area (Å²) >= 11 is 0. The molecule has 5 nitrogen and oxygen atoms in total. The first-order valence-corrected chi connectivity index (χ1v) is 5.54. The highest BCUT2D eigenvalue weighted by Crippen LogP contribution is 2.25. The molecule has 1 amide bonds. The van der Waals surface area contributed by atoms with Crippen molar-refractivity contribution in [1.29, 1.82) is 0 Å². The largest absolute Gasteiger partial charge is 0.507 e. The van der Waals surface area contributed by atoms with Gasteiger partial charge in [-0.25, -0.2) is 5.01 Å². The fourth-order valence-electron chi connectivity index (χ4n) is 1.77. The van der Waals surface area contributed by atoms with Gasteiger partial charge in [-0.2, -0.15) is 5.10 Å². The lowest BCUT2D eigenvalue weighted by Crippen LogP contribution is -2.19. The molecule has 0 radical (unpaired) electrons. The molecule has 18 heavy (non-hydrogen) atoms. The summed E-state index contributed by atoms with van der Waals surface area (Å²) < 4.78 is 0. The van der Waals surface area contributed by atoms with Gasteiger partial charge in [-0.1, -0.05) is 12.1 Å². The quantitative estimate of drug-likeness (QED) is 0.791. The molecular weight excluding hydrogens is 230 g/mol. The van der Waals surface area contributed by atoms with Gasteiger partial charge >= 0.3 is 0 Å². The highest BCUT2D eigenvalue weighted by Gasteiger charge is 2.29. The van der Waals surface area contributed by atoms with Crippen molar-refractivity contribution in [1.82, 2.24) is 9.91 Å². The molecule has 0 atom stereocenters. The molecule has 0 aliphatic carbocycles. The van der Waals surface area contributed by atoms with Gasteiger partial charge in [0, 0.05) is 32.9 Å². The van der Waals surface area contributed by atoms with Crippen molar-refractivity contribution in [2.75, 3.05) is 21.1 Å². The van der Waals surface area contributed by atoms with Crippen molar-refractivity contribution in [3.63, 3.8) is 0 Å². The van der Waals surface area contributed by atoms with Crippen molar-refractivity contribution in [3.8, 4) is 5.75 Å². The van der Waals surface area contributed by atoms with Crippen LogP contribution in [0, 0.1) is 0 Å². The van der Waals surface area contributed by atoms with Crippen LogP contribution in [0.3, 0.4) is 0 Å². The Kier molecular flexibility index (Phi) is 3.06. The number of likely N-dealkylation sites (N-methyl/N-ethyl adjacent to an activating group) is 1. The van der Waals surface area contributed by atoms with Crippen LogP contribution in [-0.4, -0.2) is 47.8 Å². The SMILES string of the molecule is CN(C)/C=C1\C(=O)N(C)N=C1c1ccccc1O. The van der Waals surface area contributed by atoms with E-state index in [9.17, 15) is 9.90 Å². The van der Waals surface area contributed by atoms with Crippen LogP contribution in [0.25, 0.3) is 0 Å². The Bertz CT molecular complexity index is 547. The predicted molar refractivity (Wildman–Crippen MR) is 69.2 cm³/mol. The average molecular weight is 245 g/mol. The van der Waals surface area contributed by atoms with Gasteiger partial charge in [0.25, 0.3) is 5.91 Å². The lowest BCUT2D eigenvalue weighted by molar-refractivity contribution is -0.124. The number of rotatable bonds is 2. The van der Waals surface area contributed by atoms with Crippen molar-refractivity contribution in [3.05, 3.63) is 41.6 Å². The van der Waals surface area contributed by atoms with Crippen LogP contribution in [0.4, 0.5) is 0 Å². The van der Waals surface area contributed by atoms with E-state index in [1.54, 1.807) is 42.4 Å².